The molecule has 4 nitrogen and oxygen atoms in total. The standard InChI is InChI=1S/C12H16NO3/c1-4-10(14)8-5-9(7-13)12(16-3)11(6-8)15-2/h5-6H,1,4,7,13H2,2-3H3. The summed E-state index contributed by atoms with van der Waals surface area (Å²) in [4.78, 5) is 11.5. The van der Waals surface area contributed by atoms with Gasteiger partial charge in [-0.15, -0.1) is 0 Å². The van der Waals surface area contributed by atoms with Crippen molar-refractivity contribution >= 4 is 5.78 Å². The minimum atomic E-state index is -0.0457. The molecule has 0 bridgehead atoms. The Morgan fingerprint density at radius 1 is 1.38 bits per heavy atom. The van der Waals surface area contributed by atoms with Crippen LogP contribution < -0.4 is 15.2 Å². The van der Waals surface area contributed by atoms with E-state index in [1.807, 2.05) is 0 Å². The van der Waals surface area contributed by atoms with Gasteiger partial charge in [0.25, 0.3) is 0 Å². The average Bonchev–Trinajstić information content (AvgIpc) is 2.35. The second-order valence-corrected chi connectivity index (χ2v) is 3.25. The van der Waals surface area contributed by atoms with Gasteiger partial charge in [0, 0.05) is 24.1 Å². The molecule has 0 saturated heterocycles. The first-order valence-corrected chi connectivity index (χ1v) is 4.95. The van der Waals surface area contributed by atoms with Gasteiger partial charge < -0.3 is 15.2 Å². The Bertz CT molecular complexity index is 363. The summed E-state index contributed by atoms with van der Waals surface area (Å²) in [7, 11) is 3.07. The number of ether oxygens (including phenoxy) is 2. The zero-order valence-electron chi connectivity index (χ0n) is 9.58. The number of methoxy groups -OCH3 is 2. The van der Waals surface area contributed by atoms with Gasteiger partial charge in [-0.1, -0.05) is 0 Å². The lowest BCUT2D eigenvalue weighted by molar-refractivity contribution is 0.0994. The van der Waals surface area contributed by atoms with Gasteiger partial charge >= 0.3 is 0 Å². The molecule has 0 amide bonds. The summed E-state index contributed by atoms with van der Waals surface area (Å²) in [6, 6.07) is 3.36. The lowest BCUT2D eigenvalue weighted by Gasteiger charge is -2.13. The lowest BCUT2D eigenvalue weighted by atomic mass is 10.0. The maximum Gasteiger partial charge on any atom is 0.165 e. The van der Waals surface area contributed by atoms with Gasteiger partial charge in [-0.3, -0.25) is 4.79 Å². The SMILES string of the molecule is [CH2]CC(=O)c1cc(CN)c(OC)c(OC)c1. The van der Waals surface area contributed by atoms with E-state index in [9.17, 15) is 4.79 Å². The van der Waals surface area contributed by atoms with Gasteiger partial charge in [0.05, 0.1) is 14.2 Å². The average molecular weight is 222 g/mol. The van der Waals surface area contributed by atoms with E-state index in [4.69, 9.17) is 15.2 Å². The molecule has 16 heavy (non-hydrogen) atoms. The Balaban J connectivity index is 3.31. The molecule has 1 aromatic rings. The molecular weight excluding hydrogens is 206 g/mol. The Labute approximate surface area is 95.3 Å². The molecular formula is C12H16NO3. The predicted octanol–water partition coefficient (Wildman–Crippen LogP) is 1.57. The first kappa shape index (κ1) is 12.5. The van der Waals surface area contributed by atoms with Crippen molar-refractivity contribution in [2.24, 2.45) is 5.73 Å². The van der Waals surface area contributed by atoms with E-state index in [-0.39, 0.29) is 18.7 Å². The summed E-state index contributed by atoms with van der Waals surface area (Å²) in [6.45, 7) is 3.85. The summed E-state index contributed by atoms with van der Waals surface area (Å²) in [5.74, 6) is 1.04. The van der Waals surface area contributed by atoms with Crippen molar-refractivity contribution in [3.8, 4) is 11.5 Å². The number of hydrogen-bond donors (Lipinski definition) is 1. The molecule has 0 aliphatic rings. The summed E-state index contributed by atoms with van der Waals surface area (Å²) in [5, 5.41) is 0. The second-order valence-electron chi connectivity index (χ2n) is 3.25. The Morgan fingerprint density at radius 3 is 2.50 bits per heavy atom. The summed E-state index contributed by atoms with van der Waals surface area (Å²) in [6.07, 6.45) is 0.208. The van der Waals surface area contributed by atoms with Crippen LogP contribution in [0, 0.1) is 6.92 Å². The van der Waals surface area contributed by atoms with Crippen LogP contribution >= 0.6 is 0 Å². The second kappa shape index (κ2) is 5.51. The smallest absolute Gasteiger partial charge is 0.165 e. The van der Waals surface area contributed by atoms with E-state index in [2.05, 4.69) is 6.92 Å². The fraction of sp³-hybridized carbons (Fsp3) is 0.333. The topological polar surface area (TPSA) is 61.6 Å². The van der Waals surface area contributed by atoms with Crippen molar-refractivity contribution < 1.29 is 14.3 Å². The molecule has 0 unspecified atom stereocenters. The molecule has 0 aliphatic heterocycles. The molecule has 87 valence electrons. The summed E-state index contributed by atoms with van der Waals surface area (Å²) >= 11 is 0. The monoisotopic (exact) mass is 222 g/mol. The predicted molar refractivity (Wildman–Crippen MR) is 61.7 cm³/mol. The third-order valence-electron chi connectivity index (χ3n) is 2.32. The fourth-order valence-electron chi connectivity index (χ4n) is 1.50. The van der Waals surface area contributed by atoms with E-state index >= 15 is 0 Å². The van der Waals surface area contributed by atoms with Crippen LogP contribution in [0.5, 0.6) is 11.5 Å². The van der Waals surface area contributed by atoms with Crippen LogP contribution in [0.2, 0.25) is 0 Å². The minimum absolute atomic E-state index is 0.0457. The van der Waals surface area contributed by atoms with Gasteiger partial charge in [0.1, 0.15) is 0 Å². The fourth-order valence-corrected chi connectivity index (χ4v) is 1.50. The molecule has 4 heteroatoms. The molecule has 0 fully saturated rings. The van der Waals surface area contributed by atoms with Crippen molar-refractivity contribution in [2.75, 3.05) is 14.2 Å². The Hall–Kier alpha value is -1.55. The van der Waals surface area contributed by atoms with Gasteiger partial charge in [-0.05, 0) is 19.1 Å². The van der Waals surface area contributed by atoms with Crippen LogP contribution in [0.3, 0.4) is 0 Å². The van der Waals surface area contributed by atoms with E-state index in [0.29, 0.717) is 17.1 Å². The van der Waals surface area contributed by atoms with Crippen LogP contribution in [0.1, 0.15) is 22.3 Å². The highest BCUT2D eigenvalue weighted by Crippen LogP contribution is 2.32. The molecule has 0 spiro atoms. The molecule has 0 saturated carbocycles. The highest BCUT2D eigenvalue weighted by Gasteiger charge is 2.14. The van der Waals surface area contributed by atoms with Crippen molar-refractivity contribution in [2.45, 2.75) is 13.0 Å². The zero-order chi connectivity index (χ0) is 12.1. The molecule has 1 aromatic carbocycles. The number of rotatable bonds is 5. The third-order valence-corrected chi connectivity index (χ3v) is 2.32. The van der Waals surface area contributed by atoms with E-state index < -0.39 is 0 Å². The van der Waals surface area contributed by atoms with Crippen LogP contribution in [-0.4, -0.2) is 20.0 Å². The summed E-state index contributed by atoms with van der Waals surface area (Å²) in [5.41, 5.74) is 6.90. The van der Waals surface area contributed by atoms with Crippen molar-refractivity contribution in [3.63, 3.8) is 0 Å². The Kier molecular flexibility index (Phi) is 4.31. The van der Waals surface area contributed by atoms with Gasteiger partial charge in [0.2, 0.25) is 0 Å². The van der Waals surface area contributed by atoms with Crippen molar-refractivity contribution in [3.05, 3.63) is 30.2 Å². The number of benzene rings is 1. The molecule has 2 N–H and O–H groups in total. The maximum atomic E-state index is 11.5. The number of Topliss-reactive ketones (excluding diaryl/α,β-unsaturated/α-hetero) is 1. The molecule has 0 aromatic heterocycles. The first-order valence-electron chi connectivity index (χ1n) is 4.95. The molecule has 1 rings (SSSR count). The minimum Gasteiger partial charge on any atom is -0.493 e. The number of nitrogens with two attached hydrogens (primary N) is 1. The molecule has 0 atom stereocenters. The number of ketones is 1. The first-order chi connectivity index (χ1) is 7.67. The number of hydrogen-bond acceptors (Lipinski definition) is 4. The van der Waals surface area contributed by atoms with Crippen LogP contribution in [0.15, 0.2) is 12.1 Å². The van der Waals surface area contributed by atoms with E-state index in [1.54, 1.807) is 19.2 Å². The highest BCUT2D eigenvalue weighted by atomic mass is 16.5. The molecule has 0 aliphatic carbocycles. The normalized spacial score (nSPS) is 10.0. The lowest BCUT2D eigenvalue weighted by Crippen LogP contribution is -2.06. The van der Waals surface area contributed by atoms with Crippen molar-refractivity contribution in [1.82, 2.24) is 0 Å². The van der Waals surface area contributed by atoms with Crippen molar-refractivity contribution in [1.29, 1.82) is 0 Å². The van der Waals surface area contributed by atoms with Gasteiger partial charge in [-0.2, -0.15) is 0 Å². The number of carbonyl (C=O) groups excluding carboxylic acids is 1. The molecule has 0 heterocycles. The summed E-state index contributed by atoms with van der Waals surface area (Å²) < 4.78 is 10.4. The van der Waals surface area contributed by atoms with Gasteiger partial charge in [-0.25, -0.2) is 0 Å². The largest absolute Gasteiger partial charge is 0.493 e. The van der Waals surface area contributed by atoms with Crippen LogP contribution in [0.25, 0.3) is 0 Å². The van der Waals surface area contributed by atoms with Crippen LogP contribution in [0.4, 0.5) is 0 Å². The third kappa shape index (κ3) is 2.33. The highest BCUT2D eigenvalue weighted by molar-refractivity contribution is 5.97. The van der Waals surface area contributed by atoms with E-state index in [0.717, 1.165) is 5.56 Å². The molecule has 1 radical (unpaired) electrons. The number of carbonyl (C=O) groups is 1. The van der Waals surface area contributed by atoms with Gasteiger partial charge in [0.15, 0.2) is 17.3 Å². The van der Waals surface area contributed by atoms with E-state index in [1.165, 1.54) is 7.11 Å². The Morgan fingerprint density at radius 2 is 2.06 bits per heavy atom. The quantitative estimate of drug-likeness (QED) is 0.768. The zero-order valence-corrected chi connectivity index (χ0v) is 9.58. The van der Waals surface area contributed by atoms with Crippen LogP contribution in [-0.2, 0) is 6.54 Å². The maximum absolute atomic E-state index is 11.5.